The minimum Gasteiger partial charge on any atom is -0.456 e. The van der Waals surface area contributed by atoms with Crippen molar-refractivity contribution in [2.24, 2.45) is 0 Å². The van der Waals surface area contributed by atoms with Crippen LogP contribution in [0.5, 0.6) is 0 Å². The highest BCUT2D eigenvalue weighted by Crippen LogP contribution is 2.45. The summed E-state index contributed by atoms with van der Waals surface area (Å²) < 4.78 is 11.3. The Balaban J connectivity index is 1.01. The van der Waals surface area contributed by atoms with Gasteiger partial charge in [0, 0.05) is 64.4 Å². The van der Waals surface area contributed by atoms with Gasteiger partial charge < -0.3 is 8.98 Å². The third-order valence-corrected chi connectivity index (χ3v) is 12.9. The molecule has 0 saturated heterocycles. The molecular weight excluding hydrogens is 729 g/mol. The molecule has 0 spiro atoms. The van der Waals surface area contributed by atoms with Gasteiger partial charge in [-0.3, -0.25) is 0 Å². The first-order valence-corrected chi connectivity index (χ1v) is 20.6. The summed E-state index contributed by atoms with van der Waals surface area (Å²) in [4.78, 5) is 15.1. The van der Waals surface area contributed by atoms with Crippen LogP contribution in [0.1, 0.15) is 24.1 Å². The molecule has 0 aliphatic heterocycles. The number of hydrogen-bond donors (Lipinski definition) is 0. The number of rotatable bonds is 5. The molecule has 5 nitrogen and oxygen atoms in total. The molecule has 4 heterocycles. The van der Waals surface area contributed by atoms with E-state index in [1.165, 1.54) is 49.6 Å². The fourth-order valence-electron chi connectivity index (χ4n) is 8.86. The van der Waals surface area contributed by atoms with Gasteiger partial charge >= 0.3 is 0 Å². The van der Waals surface area contributed by atoms with Gasteiger partial charge in [0.05, 0.1) is 5.52 Å². The van der Waals surface area contributed by atoms with E-state index in [4.69, 9.17) is 19.4 Å². The molecule has 12 rings (SSSR count). The quantitative estimate of drug-likeness (QED) is 0.175. The van der Waals surface area contributed by atoms with Crippen LogP contribution >= 0.6 is 11.3 Å². The molecule has 274 valence electrons. The average molecular weight is 763 g/mol. The summed E-state index contributed by atoms with van der Waals surface area (Å²) in [5.74, 6) is 1.98. The fraction of sp³-hybridized carbons (Fsp3) is 0.0577. The molecule has 0 atom stereocenters. The number of aromatic nitrogens is 4. The SMILES string of the molecule is C1=Cc2c(c3ccccc3n2-c2ccc3oc4ccc(-c5cccc6c5sc5c(-c7nc(-c8ccccc8)nc(-c8ccccc8)n7)cccc56)cc4c3c2)CCC1. The molecule has 0 unspecified atom stereocenters. The van der Waals surface area contributed by atoms with E-state index in [2.05, 4.69) is 138 Å². The van der Waals surface area contributed by atoms with E-state index in [1.807, 2.05) is 36.4 Å². The number of furan rings is 1. The number of allylic oxidation sites excluding steroid dienone is 1. The van der Waals surface area contributed by atoms with Crippen molar-refractivity contribution in [1.29, 1.82) is 0 Å². The molecule has 7 aromatic carbocycles. The number of benzene rings is 7. The zero-order valence-electron chi connectivity index (χ0n) is 31.4. The van der Waals surface area contributed by atoms with Crippen molar-refractivity contribution in [3.05, 3.63) is 175 Å². The number of aryl methyl sites for hydroxylation is 1. The second kappa shape index (κ2) is 13.2. The first-order chi connectivity index (χ1) is 28.7. The Morgan fingerprint density at radius 3 is 1.88 bits per heavy atom. The van der Waals surface area contributed by atoms with Gasteiger partial charge in [0.2, 0.25) is 0 Å². The highest BCUT2D eigenvalue weighted by atomic mass is 32.1. The molecule has 0 radical (unpaired) electrons. The number of hydrogen-bond acceptors (Lipinski definition) is 5. The number of nitrogens with zero attached hydrogens (tertiary/aromatic N) is 4. The molecule has 1 aliphatic rings. The van der Waals surface area contributed by atoms with Crippen LogP contribution in [-0.2, 0) is 6.42 Å². The van der Waals surface area contributed by atoms with Crippen molar-refractivity contribution < 1.29 is 4.42 Å². The van der Waals surface area contributed by atoms with Gasteiger partial charge in [-0.2, -0.15) is 0 Å². The lowest BCUT2D eigenvalue weighted by Crippen LogP contribution is -2.00. The predicted molar refractivity (Wildman–Crippen MR) is 241 cm³/mol. The van der Waals surface area contributed by atoms with Crippen LogP contribution in [0, 0.1) is 0 Å². The minimum absolute atomic E-state index is 0.656. The first kappa shape index (κ1) is 33.0. The van der Waals surface area contributed by atoms with E-state index >= 15 is 0 Å². The normalized spacial score (nSPS) is 12.9. The second-order valence-corrected chi connectivity index (χ2v) is 16.0. The maximum absolute atomic E-state index is 6.48. The van der Waals surface area contributed by atoms with Gasteiger partial charge in [-0.25, -0.2) is 15.0 Å². The van der Waals surface area contributed by atoms with E-state index in [0.717, 1.165) is 67.4 Å². The maximum atomic E-state index is 6.48. The number of para-hydroxylation sites is 1. The molecular formula is C52H34N4OS. The Morgan fingerprint density at radius 1 is 0.500 bits per heavy atom. The highest BCUT2D eigenvalue weighted by Gasteiger charge is 2.21. The summed E-state index contributed by atoms with van der Waals surface area (Å²) >= 11 is 1.80. The largest absolute Gasteiger partial charge is 0.456 e. The third-order valence-electron chi connectivity index (χ3n) is 11.6. The molecule has 0 saturated carbocycles. The molecule has 1 aliphatic carbocycles. The van der Waals surface area contributed by atoms with Gasteiger partial charge in [-0.15, -0.1) is 11.3 Å². The molecule has 0 fully saturated rings. The standard InChI is InChI=1S/C52H34N4OS/c1-4-14-32(15-5-1)50-53-51(33-16-6-2-7-17-33)55-52(54-50)41-23-13-22-40-39-21-12-20-36(48(39)58-49(40)41)34-26-28-46-42(30-34)43-31-35(27-29-47(43)57-46)56-44-24-9-3-8-18-37(44)38-19-10-11-25-45(38)56/h1-2,4-7,9-17,19-31H,3,8,18H2. The Labute approximate surface area is 338 Å². The van der Waals surface area contributed by atoms with E-state index in [0.29, 0.717) is 17.5 Å². The predicted octanol–water partition coefficient (Wildman–Crippen LogP) is 14.1. The number of thiophene rings is 1. The van der Waals surface area contributed by atoms with Crippen LogP contribution in [0.3, 0.4) is 0 Å². The van der Waals surface area contributed by atoms with Gasteiger partial charge in [-0.1, -0.05) is 121 Å². The minimum atomic E-state index is 0.656. The van der Waals surface area contributed by atoms with Gasteiger partial charge in [0.15, 0.2) is 17.5 Å². The van der Waals surface area contributed by atoms with Crippen LogP contribution in [0.25, 0.3) is 110 Å². The zero-order valence-corrected chi connectivity index (χ0v) is 32.2. The monoisotopic (exact) mass is 762 g/mol. The molecule has 58 heavy (non-hydrogen) atoms. The lowest BCUT2D eigenvalue weighted by molar-refractivity contribution is 0.669. The topological polar surface area (TPSA) is 56.7 Å². The van der Waals surface area contributed by atoms with Crippen molar-refractivity contribution >= 4 is 70.4 Å². The summed E-state index contributed by atoms with van der Waals surface area (Å²) in [7, 11) is 0. The fourth-order valence-corrected chi connectivity index (χ4v) is 10.2. The second-order valence-electron chi connectivity index (χ2n) is 15.0. The Morgan fingerprint density at radius 2 is 1.12 bits per heavy atom. The summed E-state index contributed by atoms with van der Waals surface area (Å²) in [6.45, 7) is 0. The Hall–Kier alpha value is -7.15. The van der Waals surface area contributed by atoms with Crippen molar-refractivity contribution in [1.82, 2.24) is 19.5 Å². The van der Waals surface area contributed by atoms with Crippen LogP contribution in [0.15, 0.2) is 168 Å². The van der Waals surface area contributed by atoms with Gasteiger partial charge in [-0.05, 0) is 84.5 Å². The van der Waals surface area contributed by atoms with E-state index in [-0.39, 0.29) is 0 Å². The summed E-state index contributed by atoms with van der Waals surface area (Å²) in [5.41, 5.74) is 12.1. The van der Waals surface area contributed by atoms with E-state index in [9.17, 15) is 0 Å². The summed E-state index contributed by atoms with van der Waals surface area (Å²) in [5, 5.41) is 5.97. The first-order valence-electron chi connectivity index (χ1n) is 19.8. The summed E-state index contributed by atoms with van der Waals surface area (Å²) in [6, 6.07) is 55.5. The zero-order chi connectivity index (χ0) is 38.2. The van der Waals surface area contributed by atoms with Gasteiger partial charge in [0.25, 0.3) is 0 Å². The molecule has 6 heteroatoms. The maximum Gasteiger partial charge on any atom is 0.165 e. The Bertz CT molecular complexity index is 3370. The van der Waals surface area contributed by atoms with Crippen molar-refractivity contribution in [3.63, 3.8) is 0 Å². The van der Waals surface area contributed by atoms with Crippen molar-refractivity contribution in [2.75, 3.05) is 0 Å². The summed E-state index contributed by atoms with van der Waals surface area (Å²) in [6.07, 6.45) is 8.00. The highest BCUT2D eigenvalue weighted by molar-refractivity contribution is 7.26. The molecule has 0 N–H and O–H groups in total. The Kier molecular flexibility index (Phi) is 7.53. The molecule has 0 bridgehead atoms. The van der Waals surface area contributed by atoms with E-state index in [1.54, 1.807) is 11.3 Å². The van der Waals surface area contributed by atoms with Crippen LogP contribution in [0.4, 0.5) is 0 Å². The number of fused-ring (bicyclic) bond motifs is 9. The lowest BCUT2D eigenvalue weighted by Gasteiger charge is -2.10. The molecule has 0 amide bonds. The average Bonchev–Trinajstić information content (AvgIpc) is 3.88. The third kappa shape index (κ3) is 5.26. The smallest absolute Gasteiger partial charge is 0.165 e. The van der Waals surface area contributed by atoms with Crippen molar-refractivity contribution in [2.45, 2.75) is 19.3 Å². The van der Waals surface area contributed by atoms with Crippen LogP contribution < -0.4 is 0 Å². The lowest BCUT2D eigenvalue weighted by atomic mass is 10.00. The molecule has 11 aromatic rings. The van der Waals surface area contributed by atoms with E-state index < -0.39 is 0 Å². The van der Waals surface area contributed by atoms with Crippen molar-refractivity contribution in [3.8, 4) is 51.0 Å². The van der Waals surface area contributed by atoms with Crippen LogP contribution in [-0.4, -0.2) is 19.5 Å². The van der Waals surface area contributed by atoms with Crippen LogP contribution in [0.2, 0.25) is 0 Å². The van der Waals surface area contributed by atoms with Gasteiger partial charge in [0.1, 0.15) is 11.2 Å². The molecule has 4 aromatic heterocycles.